The molecule has 0 aromatic carbocycles. The minimum atomic E-state index is -0.179. The Morgan fingerprint density at radius 3 is 3.17 bits per heavy atom. The Balaban J connectivity index is 1.90. The van der Waals surface area contributed by atoms with Gasteiger partial charge in [-0.3, -0.25) is 9.59 Å². The summed E-state index contributed by atoms with van der Waals surface area (Å²) in [6.45, 7) is 0.492. The molecule has 0 bridgehead atoms. The number of carbonyl (C=O) groups is 2. The standard InChI is InChI=1S/C12H17N3O3/c1-15-9-3-2-8(16)6-10(9)18-12(15)4-5-14-11(17)7-13/h3,6,12H,2,4-5,7,13H2,1H3,(H,14,17). The number of likely N-dealkylation sites (N-methyl/N-ethyl adjacent to an activating group) is 1. The molecular weight excluding hydrogens is 234 g/mol. The summed E-state index contributed by atoms with van der Waals surface area (Å²) < 4.78 is 5.68. The van der Waals surface area contributed by atoms with Crippen molar-refractivity contribution in [3.8, 4) is 0 Å². The zero-order chi connectivity index (χ0) is 13.1. The number of ketones is 1. The Morgan fingerprint density at radius 1 is 1.67 bits per heavy atom. The van der Waals surface area contributed by atoms with Gasteiger partial charge in [-0.05, 0) is 6.08 Å². The molecule has 1 aliphatic heterocycles. The fourth-order valence-electron chi connectivity index (χ4n) is 2.03. The summed E-state index contributed by atoms with van der Waals surface area (Å²) in [5.74, 6) is 0.504. The molecule has 1 fully saturated rings. The molecule has 1 saturated heterocycles. The van der Waals surface area contributed by atoms with E-state index in [0.29, 0.717) is 25.1 Å². The van der Waals surface area contributed by atoms with Crippen molar-refractivity contribution in [1.82, 2.24) is 10.2 Å². The van der Waals surface area contributed by atoms with Crippen LogP contribution in [-0.4, -0.2) is 43.0 Å². The number of rotatable bonds is 4. The van der Waals surface area contributed by atoms with Crippen molar-refractivity contribution in [2.45, 2.75) is 19.1 Å². The van der Waals surface area contributed by atoms with Crippen molar-refractivity contribution in [2.75, 3.05) is 20.1 Å². The number of hydrogen-bond donors (Lipinski definition) is 2. The second-order valence-corrected chi connectivity index (χ2v) is 4.29. The average Bonchev–Trinajstić information content (AvgIpc) is 2.65. The molecule has 1 heterocycles. The van der Waals surface area contributed by atoms with E-state index in [2.05, 4.69) is 5.32 Å². The molecule has 6 heteroatoms. The third-order valence-corrected chi connectivity index (χ3v) is 3.01. The Morgan fingerprint density at radius 2 is 2.44 bits per heavy atom. The van der Waals surface area contributed by atoms with Gasteiger partial charge in [-0.2, -0.15) is 0 Å². The summed E-state index contributed by atoms with van der Waals surface area (Å²) in [7, 11) is 1.91. The summed E-state index contributed by atoms with van der Waals surface area (Å²) in [6.07, 6.45) is 4.32. The molecule has 18 heavy (non-hydrogen) atoms. The van der Waals surface area contributed by atoms with Gasteiger partial charge in [-0.1, -0.05) is 0 Å². The molecule has 1 unspecified atom stereocenters. The van der Waals surface area contributed by atoms with Gasteiger partial charge in [0.25, 0.3) is 0 Å². The zero-order valence-corrected chi connectivity index (χ0v) is 10.3. The van der Waals surface area contributed by atoms with Gasteiger partial charge in [0, 0.05) is 32.5 Å². The number of ether oxygens (including phenoxy) is 1. The van der Waals surface area contributed by atoms with Gasteiger partial charge in [0.1, 0.15) is 5.76 Å². The average molecular weight is 251 g/mol. The first-order chi connectivity index (χ1) is 8.61. The first kappa shape index (κ1) is 12.6. The van der Waals surface area contributed by atoms with Crippen LogP contribution < -0.4 is 11.1 Å². The summed E-state index contributed by atoms with van der Waals surface area (Å²) in [6, 6.07) is 0. The minimum absolute atomic E-state index is 0.00777. The highest BCUT2D eigenvalue weighted by atomic mass is 16.5. The summed E-state index contributed by atoms with van der Waals surface area (Å²) in [5, 5.41) is 2.69. The van der Waals surface area contributed by atoms with Gasteiger partial charge in [0.05, 0.1) is 12.2 Å². The van der Waals surface area contributed by atoms with E-state index in [1.54, 1.807) is 0 Å². The van der Waals surface area contributed by atoms with Crippen molar-refractivity contribution in [3.63, 3.8) is 0 Å². The highest BCUT2D eigenvalue weighted by molar-refractivity contribution is 5.93. The van der Waals surface area contributed by atoms with Crippen LogP contribution in [0.4, 0.5) is 0 Å². The molecule has 6 nitrogen and oxygen atoms in total. The highest BCUT2D eigenvalue weighted by Gasteiger charge is 2.32. The number of hydrogen-bond acceptors (Lipinski definition) is 5. The molecule has 3 N–H and O–H groups in total. The monoisotopic (exact) mass is 251 g/mol. The van der Waals surface area contributed by atoms with Crippen LogP contribution in [0, 0.1) is 0 Å². The van der Waals surface area contributed by atoms with Crippen LogP contribution in [0.15, 0.2) is 23.6 Å². The fraction of sp³-hybridized carbons (Fsp3) is 0.500. The van der Waals surface area contributed by atoms with Crippen LogP contribution in [0.25, 0.3) is 0 Å². The lowest BCUT2D eigenvalue weighted by Gasteiger charge is -2.19. The number of carbonyl (C=O) groups excluding carboxylic acids is 2. The molecular formula is C12H17N3O3. The molecule has 2 rings (SSSR count). The molecule has 2 aliphatic rings. The normalized spacial score (nSPS) is 22.0. The van der Waals surface area contributed by atoms with E-state index in [-0.39, 0.29) is 24.5 Å². The number of fused-ring (bicyclic) bond motifs is 1. The van der Waals surface area contributed by atoms with Crippen LogP contribution in [0.3, 0.4) is 0 Å². The summed E-state index contributed by atoms with van der Waals surface area (Å²) >= 11 is 0. The summed E-state index contributed by atoms with van der Waals surface area (Å²) in [5.41, 5.74) is 6.14. The number of nitrogens with two attached hydrogens (primary N) is 1. The topological polar surface area (TPSA) is 84.7 Å². The van der Waals surface area contributed by atoms with Crippen molar-refractivity contribution in [2.24, 2.45) is 5.73 Å². The van der Waals surface area contributed by atoms with Crippen molar-refractivity contribution < 1.29 is 14.3 Å². The molecule has 1 atom stereocenters. The number of allylic oxidation sites excluding steroid dienone is 2. The molecule has 0 spiro atoms. The van der Waals surface area contributed by atoms with E-state index in [9.17, 15) is 9.59 Å². The third kappa shape index (κ3) is 2.53. The van der Waals surface area contributed by atoms with E-state index < -0.39 is 0 Å². The van der Waals surface area contributed by atoms with Gasteiger partial charge in [-0.15, -0.1) is 0 Å². The van der Waals surface area contributed by atoms with E-state index in [1.165, 1.54) is 6.08 Å². The zero-order valence-electron chi connectivity index (χ0n) is 10.3. The van der Waals surface area contributed by atoms with Crippen molar-refractivity contribution in [1.29, 1.82) is 0 Å². The molecule has 1 amide bonds. The predicted octanol–water partition coefficient (Wildman–Crippen LogP) is -0.520. The molecule has 0 aromatic heterocycles. The first-order valence-corrected chi connectivity index (χ1v) is 5.93. The van der Waals surface area contributed by atoms with E-state index in [0.717, 1.165) is 5.70 Å². The third-order valence-electron chi connectivity index (χ3n) is 3.01. The first-order valence-electron chi connectivity index (χ1n) is 5.93. The van der Waals surface area contributed by atoms with Gasteiger partial charge in [-0.25, -0.2) is 0 Å². The smallest absolute Gasteiger partial charge is 0.233 e. The SMILES string of the molecule is CN1C2=CCC(=O)C=C2OC1CCNC(=O)CN. The van der Waals surface area contributed by atoms with Gasteiger partial charge in [0.2, 0.25) is 5.91 Å². The second-order valence-electron chi connectivity index (χ2n) is 4.29. The highest BCUT2D eigenvalue weighted by Crippen LogP contribution is 2.32. The minimum Gasteiger partial charge on any atom is -0.468 e. The van der Waals surface area contributed by atoms with E-state index in [1.807, 2.05) is 18.0 Å². The van der Waals surface area contributed by atoms with Crippen LogP contribution in [0.1, 0.15) is 12.8 Å². The Kier molecular flexibility index (Phi) is 3.66. The van der Waals surface area contributed by atoms with E-state index in [4.69, 9.17) is 10.5 Å². The molecule has 0 radical (unpaired) electrons. The maximum absolute atomic E-state index is 11.3. The van der Waals surface area contributed by atoms with E-state index >= 15 is 0 Å². The Hall–Kier alpha value is -1.82. The van der Waals surface area contributed by atoms with Crippen LogP contribution >= 0.6 is 0 Å². The lowest BCUT2D eigenvalue weighted by atomic mass is 10.1. The quantitative estimate of drug-likeness (QED) is 0.702. The maximum Gasteiger partial charge on any atom is 0.233 e. The molecule has 0 saturated carbocycles. The van der Waals surface area contributed by atoms with Crippen LogP contribution in [-0.2, 0) is 14.3 Å². The largest absolute Gasteiger partial charge is 0.468 e. The second kappa shape index (κ2) is 5.22. The number of nitrogens with one attached hydrogen (secondary N) is 1. The molecule has 0 aromatic rings. The number of amides is 1. The lowest BCUT2D eigenvalue weighted by Crippen LogP contribution is -2.35. The van der Waals surface area contributed by atoms with Crippen molar-refractivity contribution >= 4 is 11.7 Å². The van der Waals surface area contributed by atoms with Gasteiger partial charge < -0.3 is 20.7 Å². The molecule has 1 aliphatic carbocycles. The molecule has 98 valence electrons. The van der Waals surface area contributed by atoms with Crippen LogP contribution in [0.5, 0.6) is 0 Å². The van der Waals surface area contributed by atoms with Gasteiger partial charge in [0.15, 0.2) is 12.0 Å². The van der Waals surface area contributed by atoms with Gasteiger partial charge >= 0.3 is 0 Å². The maximum atomic E-state index is 11.3. The lowest BCUT2D eigenvalue weighted by molar-refractivity contribution is -0.119. The summed E-state index contributed by atoms with van der Waals surface area (Å²) in [4.78, 5) is 24.3. The van der Waals surface area contributed by atoms with Crippen LogP contribution in [0.2, 0.25) is 0 Å². The number of nitrogens with zero attached hydrogens (tertiary/aromatic N) is 1. The predicted molar refractivity (Wildman–Crippen MR) is 65.1 cm³/mol. The Bertz CT molecular complexity index is 428. The van der Waals surface area contributed by atoms with Crippen molar-refractivity contribution in [3.05, 3.63) is 23.6 Å². The Labute approximate surface area is 105 Å². The fourth-order valence-corrected chi connectivity index (χ4v) is 2.03.